The highest BCUT2D eigenvalue weighted by molar-refractivity contribution is 5.98. The van der Waals surface area contributed by atoms with Gasteiger partial charge in [0.15, 0.2) is 5.82 Å². The van der Waals surface area contributed by atoms with Crippen molar-refractivity contribution < 1.29 is 9.18 Å². The molecule has 3 N–H and O–H groups in total. The Morgan fingerprint density at radius 2 is 2.00 bits per heavy atom. The molecule has 0 spiro atoms. The van der Waals surface area contributed by atoms with E-state index in [4.69, 9.17) is 5.73 Å². The summed E-state index contributed by atoms with van der Waals surface area (Å²) in [5.41, 5.74) is 6.73. The number of nitrogens with one attached hydrogen (secondary N) is 1. The maximum Gasteiger partial charge on any atom is 0.256 e. The van der Waals surface area contributed by atoms with E-state index < -0.39 is 0 Å². The lowest BCUT2D eigenvalue weighted by Gasteiger charge is -2.08. The van der Waals surface area contributed by atoms with E-state index in [1.54, 1.807) is 12.1 Å². The summed E-state index contributed by atoms with van der Waals surface area (Å²) < 4.78 is 12.9. The second-order valence-electron chi connectivity index (χ2n) is 4.96. The molecule has 0 fully saturated rings. The maximum absolute atomic E-state index is 12.9. The first-order chi connectivity index (χ1) is 10.6. The Morgan fingerprint density at radius 3 is 2.64 bits per heavy atom. The van der Waals surface area contributed by atoms with Crippen LogP contribution in [0.4, 0.5) is 10.2 Å². The van der Waals surface area contributed by atoms with E-state index in [0.29, 0.717) is 17.9 Å². The molecule has 0 atom stereocenters. The zero-order chi connectivity index (χ0) is 15.9. The van der Waals surface area contributed by atoms with Gasteiger partial charge in [0.25, 0.3) is 5.91 Å². The minimum atomic E-state index is -0.334. The molecule has 0 radical (unpaired) electrons. The molecule has 0 saturated carbocycles. The Morgan fingerprint density at radius 1 is 1.27 bits per heavy atom. The average molecular weight is 302 g/mol. The van der Waals surface area contributed by atoms with Crippen LogP contribution in [0.2, 0.25) is 0 Å². The average Bonchev–Trinajstić information content (AvgIpc) is 2.52. The first kappa shape index (κ1) is 15.9. The molecular formula is C16H19FN4O. The van der Waals surface area contributed by atoms with Crippen LogP contribution in [0, 0.1) is 5.82 Å². The van der Waals surface area contributed by atoms with E-state index in [1.807, 2.05) is 0 Å². The van der Waals surface area contributed by atoms with Gasteiger partial charge in [-0.3, -0.25) is 4.79 Å². The van der Waals surface area contributed by atoms with Gasteiger partial charge in [-0.2, -0.15) is 0 Å². The van der Waals surface area contributed by atoms with Crippen LogP contribution in [0.5, 0.6) is 0 Å². The molecule has 2 rings (SSSR count). The van der Waals surface area contributed by atoms with Crippen LogP contribution >= 0.6 is 0 Å². The number of hydrogen-bond donors (Lipinski definition) is 2. The van der Waals surface area contributed by atoms with Gasteiger partial charge in [-0.25, -0.2) is 14.4 Å². The van der Waals surface area contributed by atoms with Gasteiger partial charge in [-0.1, -0.05) is 19.8 Å². The normalized spacial score (nSPS) is 10.5. The third-order valence-electron chi connectivity index (χ3n) is 3.23. The van der Waals surface area contributed by atoms with Gasteiger partial charge in [-0.15, -0.1) is 0 Å². The van der Waals surface area contributed by atoms with Gasteiger partial charge in [0.1, 0.15) is 11.6 Å². The summed E-state index contributed by atoms with van der Waals surface area (Å²) >= 11 is 0. The predicted molar refractivity (Wildman–Crippen MR) is 83.7 cm³/mol. The van der Waals surface area contributed by atoms with Gasteiger partial charge < -0.3 is 11.1 Å². The van der Waals surface area contributed by atoms with E-state index in [0.717, 1.165) is 19.3 Å². The van der Waals surface area contributed by atoms with Crippen LogP contribution in [-0.2, 0) is 0 Å². The number of carbonyl (C=O) groups excluding carboxylic acids is 1. The molecule has 0 aliphatic carbocycles. The van der Waals surface area contributed by atoms with Gasteiger partial charge in [0.05, 0.1) is 5.56 Å². The van der Waals surface area contributed by atoms with E-state index in [9.17, 15) is 9.18 Å². The Labute approximate surface area is 128 Å². The quantitative estimate of drug-likeness (QED) is 0.804. The highest BCUT2D eigenvalue weighted by atomic mass is 19.1. The molecule has 0 aliphatic rings. The molecule has 0 aliphatic heterocycles. The molecule has 6 heteroatoms. The molecule has 2 aromatic rings. The van der Waals surface area contributed by atoms with Gasteiger partial charge in [-0.05, 0) is 30.7 Å². The highest BCUT2D eigenvalue weighted by Gasteiger charge is 2.13. The summed E-state index contributed by atoms with van der Waals surface area (Å²) in [4.78, 5) is 20.3. The molecule has 22 heavy (non-hydrogen) atoms. The monoisotopic (exact) mass is 302 g/mol. The third kappa shape index (κ3) is 4.00. The Bertz CT molecular complexity index is 643. The van der Waals surface area contributed by atoms with Gasteiger partial charge in [0, 0.05) is 18.3 Å². The van der Waals surface area contributed by atoms with Crippen LogP contribution in [0.15, 0.2) is 30.5 Å². The summed E-state index contributed by atoms with van der Waals surface area (Å²) in [7, 11) is 0. The molecule has 116 valence electrons. The number of hydrogen-bond acceptors (Lipinski definition) is 4. The number of nitrogens with two attached hydrogens (primary N) is 1. The van der Waals surface area contributed by atoms with Crippen molar-refractivity contribution >= 4 is 11.7 Å². The predicted octanol–water partition coefficient (Wildman–Crippen LogP) is 2.78. The van der Waals surface area contributed by atoms with Crippen molar-refractivity contribution in [2.45, 2.75) is 26.2 Å². The fourth-order valence-electron chi connectivity index (χ4n) is 1.98. The third-order valence-corrected chi connectivity index (χ3v) is 3.23. The molecule has 0 bridgehead atoms. The Balaban J connectivity index is 2.09. The van der Waals surface area contributed by atoms with Crippen molar-refractivity contribution in [1.29, 1.82) is 0 Å². The minimum Gasteiger partial charge on any atom is -0.383 e. The van der Waals surface area contributed by atoms with Crippen molar-refractivity contribution in [3.8, 4) is 11.4 Å². The van der Waals surface area contributed by atoms with Crippen molar-refractivity contribution in [3.05, 3.63) is 41.8 Å². The Hall–Kier alpha value is -2.50. The second-order valence-corrected chi connectivity index (χ2v) is 4.96. The molecule has 0 unspecified atom stereocenters. The first-order valence-electron chi connectivity index (χ1n) is 7.28. The summed E-state index contributed by atoms with van der Waals surface area (Å²) in [5, 5.41) is 2.79. The van der Waals surface area contributed by atoms with Crippen LogP contribution in [0.1, 0.15) is 36.5 Å². The second kappa shape index (κ2) is 7.49. The lowest BCUT2D eigenvalue weighted by molar-refractivity contribution is 0.0953. The van der Waals surface area contributed by atoms with Crippen LogP contribution in [0.25, 0.3) is 11.4 Å². The minimum absolute atomic E-state index is 0.113. The number of nitrogens with zero attached hydrogens (tertiary/aromatic N) is 2. The largest absolute Gasteiger partial charge is 0.383 e. The SMILES string of the molecule is CCCCCNC(=O)c1cnc(-c2ccc(F)cc2)nc1N. The molecule has 5 nitrogen and oxygen atoms in total. The number of benzene rings is 1. The number of rotatable bonds is 6. The van der Waals surface area contributed by atoms with Crippen LogP contribution in [-0.4, -0.2) is 22.4 Å². The summed E-state index contributed by atoms with van der Waals surface area (Å²) in [6.07, 6.45) is 4.48. The van der Waals surface area contributed by atoms with Crippen molar-refractivity contribution in [1.82, 2.24) is 15.3 Å². The van der Waals surface area contributed by atoms with Crippen molar-refractivity contribution in [2.24, 2.45) is 0 Å². The van der Waals surface area contributed by atoms with E-state index in [2.05, 4.69) is 22.2 Å². The molecule has 1 amide bonds. The summed E-state index contributed by atoms with van der Waals surface area (Å²) in [6.45, 7) is 2.70. The van der Waals surface area contributed by atoms with Gasteiger partial charge in [0.2, 0.25) is 0 Å². The lowest BCUT2D eigenvalue weighted by Crippen LogP contribution is -2.26. The summed E-state index contributed by atoms with van der Waals surface area (Å²) in [5.74, 6) is -0.138. The van der Waals surface area contributed by atoms with E-state index in [-0.39, 0.29) is 23.1 Å². The fourth-order valence-corrected chi connectivity index (χ4v) is 1.98. The maximum atomic E-state index is 12.9. The van der Waals surface area contributed by atoms with Gasteiger partial charge >= 0.3 is 0 Å². The smallest absolute Gasteiger partial charge is 0.256 e. The molecule has 1 aromatic heterocycles. The Kier molecular flexibility index (Phi) is 5.41. The molecule has 1 aromatic carbocycles. The first-order valence-corrected chi connectivity index (χ1v) is 7.28. The van der Waals surface area contributed by atoms with Crippen molar-refractivity contribution in [3.63, 3.8) is 0 Å². The summed E-state index contributed by atoms with van der Waals surface area (Å²) in [6, 6.07) is 5.77. The topological polar surface area (TPSA) is 80.9 Å². The molecule has 1 heterocycles. The lowest BCUT2D eigenvalue weighted by atomic mass is 10.2. The number of anilines is 1. The number of halogens is 1. The number of aromatic nitrogens is 2. The molecule has 0 saturated heterocycles. The van der Waals surface area contributed by atoms with Crippen molar-refractivity contribution in [2.75, 3.05) is 12.3 Å². The fraction of sp³-hybridized carbons (Fsp3) is 0.312. The molecular weight excluding hydrogens is 283 g/mol. The number of nitrogen functional groups attached to an aromatic ring is 1. The number of unbranched alkanes of at least 4 members (excludes halogenated alkanes) is 2. The number of amides is 1. The van der Waals surface area contributed by atoms with E-state index in [1.165, 1.54) is 18.3 Å². The standard InChI is InChI=1S/C16H19FN4O/c1-2-3-4-9-19-16(22)13-10-20-15(21-14(13)18)11-5-7-12(17)8-6-11/h5-8,10H,2-4,9H2,1H3,(H,19,22)(H2,18,20,21). The van der Waals surface area contributed by atoms with E-state index >= 15 is 0 Å². The zero-order valence-electron chi connectivity index (χ0n) is 12.5. The van der Waals surface area contributed by atoms with Crippen LogP contribution < -0.4 is 11.1 Å². The van der Waals surface area contributed by atoms with Crippen LogP contribution in [0.3, 0.4) is 0 Å². The number of carbonyl (C=O) groups is 1. The zero-order valence-corrected chi connectivity index (χ0v) is 12.5. The highest BCUT2D eigenvalue weighted by Crippen LogP contribution is 2.18.